The predicted octanol–water partition coefficient (Wildman–Crippen LogP) is 4.32. The standard InChI is InChI=1S/C15H28O2S/c1-6-7-8-9-13(16)11-10-12(2)14(17)18-15(3,4)5/h10,13,16H,6-9,11H2,1-5H3/b12-10+/t13-/m1/s1. The number of hydrogen-bond acceptors (Lipinski definition) is 3. The maximum atomic E-state index is 11.8. The maximum absolute atomic E-state index is 11.8. The summed E-state index contributed by atoms with van der Waals surface area (Å²) in [6.45, 7) is 10.1. The normalized spacial score (nSPS) is 14.7. The van der Waals surface area contributed by atoms with Gasteiger partial charge in [-0.05, 0) is 25.3 Å². The zero-order chi connectivity index (χ0) is 14.2. The molecule has 0 unspecified atom stereocenters. The topological polar surface area (TPSA) is 37.3 Å². The molecular formula is C15H28O2S. The first kappa shape index (κ1) is 17.7. The van der Waals surface area contributed by atoms with Gasteiger partial charge in [-0.25, -0.2) is 0 Å². The first-order valence-corrected chi connectivity index (χ1v) is 7.66. The van der Waals surface area contributed by atoms with Crippen LogP contribution in [0.15, 0.2) is 11.6 Å². The molecule has 2 nitrogen and oxygen atoms in total. The average Bonchev–Trinajstić information content (AvgIpc) is 2.23. The molecular weight excluding hydrogens is 244 g/mol. The van der Waals surface area contributed by atoms with E-state index in [0.29, 0.717) is 6.42 Å². The summed E-state index contributed by atoms with van der Waals surface area (Å²) in [6, 6.07) is 0. The van der Waals surface area contributed by atoms with E-state index in [4.69, 9.17) is 0 Å². The molecule has 0 aromatic rings. The predicted molar refractivity (Wildman–Crippen MR) is 80.9 cm³/mol. The molecule has 3 heteroatoms. The van der Waals surface area contributed by atoms with Crippen molar-refractivity contribution in [2.45, 2.75) is 77.6 Å². The smallest absolute Gasteiger partial charge is 0.215 e. The van der Waals surface area contributed by atoms with Gasteiger partial charge in [0.25, 0.3) is 0 Å². The summed E-state index contributed by atoms with van der Waals surface area (Å²) in [6.07, 6.45) is 6.39. The highest BCUT2D eigenvalue weighted by Gasteiger charge is 2.17. The van der Waals surface area contributed by atoms with E-state index in [0.717, 1.165) is 18.4 Å². The minimum absolute atomic E-state index is 0.0497. The summed E-state index contributed by atoms with van der Waals surface area (Å²) < 4.78 is -0.0497. The molecule has 0 radical (unpaired) electrons. The fraction of sp³-hybridized carbons (Fsp3) is 0.800. The van der Waals surface area contributed by atoms with E-state index in [1.165, 1.54) is 24.6 Å². The third-order valence-corrected chi connectivity index (χ3v) is 3.68. The lowest BCUT2D eigenvalue weighted by Crippen LogP contribution is -2.12. The summed E-state index contributed by atoms with van der Waals surface area (Å²) in [4.78, 5) is 11.8. The molecule has 0 bridgehead atoms. The largest absolute Gasteiger partial charge is 0.393 e. The van der Waals surface area contributed by atoms with Crippen molar-refractivity contribution in [3.63, 3.8) is 0 Å². The maximum Gasteiger partial charge on any atom is 0.215 e. The van der Waals surface area contributed by atoms with Crippen molar-refractivity contribution in [1.29, 1.82) is 0 Å². The van der Waals surface area contributed by atoms with Crippen molar-refractivity contribution in [1.82, 2.24) is 0 Å². The molecule has 0 aromatic carbocycles. The number of rotatable bonds is 7. The molecule has 0 aliphatic heterocycles. The number of thioether (sulfide) groups is 1. The highest BCUT2D eigenvalue weighted by Crippen LogP contribution is 2.26. The van der Waals surface area contributed by atoms with E-state index in [9.17, 15) is 9.90 Å². The second-order valence-electron chi connectivity index (χ2n) is 5.77. The Morgan fingerprint density at radius 2 is 1.94 bits per heavy atom. The highest BCUT2D eigenvalue weighted by molar-refractivity contribution is 8.15. The summed E-state index contributed by atoms with van der Waals surface area (Å²) in [5.41, 5.74) is 0.754. The van der Waals surface area contributed by atoms with Gasteiger partial charge >= 0.3 is 0 Å². The van der Waals surface area contributed by atoms with Crippen LogP contribution < -0.4 is 0 Å². The van der Waals surface area contributed by atoms with Crippen molar-refractivity contribution < 1.29 is 9.90 Å². The van der Waals surface area contributed by atoms with E-state index in [-0.39, 0.29) is 16.0 Å². The number of aliphatic hydroxyl groups excluding tert-OH is 1. The number of hydrogen-bond donors (Lipinski definition) is 1. The highest BCUT2D eigenvalue weighted by atomic mass is 32.2. The van der Waals surface area contributed by atoms with Gasteiger partial charge in [0.1, 0.15) is 0 Å². The van der Waals surface area contributed by atoms with E-state index >= 15 is 0 Å². The van der Waals surface area contributed by atoms with Crippen LogP contribution in [0.2, 0.25) is 0 Å². The molecule has 0 saturated carbocycles. The molecule has 106 valence electrons. The minimum atomic E-state index is -0.307. The Labute approximate surface area is 116 Å². The van der Waals surface area contributed by atoms with Crippen molar-refractivity contribution in [3.05, 3.63) is 11.6 Å². The van der Waals surface area contributed by atoms with Gasteiger partial charge < -0.3 is 5.11 Å². The van der Waals surface area contributed by atoms with E-state index in [1.807, 2.05) is 33.8 Å². The number of unbranched alkanes of at least 4 members (excludes halogenated alkanes) is 2. The second kappa shape index (κ2) is 8.76. The molecule has 1 atom stereocenters. The quantitative estimate of drug-likeness (QED) is 0.554. The Morgan fingerprint density at radius 1 is 1.33 bits per heavy atom. The molecule has 0 aliphatic carbocycles. The molecule has 0 rings (SSSR count). The molecule has 0 aromatic heterocycles. The zero-order valence-electron chi connectivity index (χ0n) is 12.5. The van der Waals surface area contributed by atoms with E-state index in [1.54, 1.807) is 0 Å². The van der Waals surface area contributed by atoms with Gasteiger partial charge in [-0.1, -0.05) is 64.8 Å². The molecule has 0 heterocycles. The van der Waals surface area contributed by atoms with Gasteiger partial charge in [0.05, 0.1) is 6.10 Å². The first-order chi connectivity index (χ1) is 8.26. The van der Waals surface area contributed by atoms with Crippen LogP contribution in [0.1, 0.15) is 66.7 Å². The van der Waals surface area contributed by atoms with Gasteiger partial charge in [0, 0.05) is 4.75 Å². The molecule has 0 aliphatic rings. The summed E-state index contributed by atoms with van der Waals surface area (Å²) in [7, 11) is 0. The summed E-state index contributed by atoms with van der Waals surface area (Å²) in [5.74, 6) is 0. The van der Waals surface area contributed by atoms with Gasteiger partial charge in [-0.15, -0.1) is 0 Å². The van der Waals surface area contributed by atoms with Gasteiger partial charge in [-0.3, -0.25) is 4.79 Å². The SMILES string of the molecule is CCCCC[C@@H](O)C/C=C(\C)C(=O)SC(C)(C)C. The monoisotopic (exact) mass is 272 g/mol. The van der Waals surface area contributed by atoms with Crippen molar-refractivity contribution >= 4 is 16.9 Å². The summed E-state index contributed by atoms with van der Waals surface area (Å²) >= 11 is 1.35. The van der Waals surface area contributed by atoms with Crippen LogP contribution in [0.5, 0.6) is 0 Å². The van der Waals surface area contributed by atoms with Gasteiger partial charge in [0.2, 0.25) is 5.12 Å². The van der Waals surface area contributed by atoms with Crippen molar-refractivity contribution in [2.24, 2.45) is 0 Å². The minimum Gasteiger partial charge on any atom is -0.393 e. The summed E-state index contributed by atoms with van der Waals surface area (Å²) in [5, 5.41) is 9.89. The van der Waals surface area contributed by atoms with Gasteiger partial charge in [0.15, 0.2) is 0 Å². The van der Waals surface area contributed by atoms with Crippen LogP contribution in [0, 0.1) is 0 Å². The van der Waals surface area contributed by atoms with Crippen LogP contribution in [0.4, 0.5) is 0 Å². The van der Waals surface area contributed by atoms with Crippen LogP contribution in [0.25, 0.3) is 0 Å². The van der Waals surface area contributed by atoms with Crippen LogP contribution >= 0.6 is 11.8 Å². The molecule has 0 spiro atoms. The molecule has 0 saturated heterocycles. The lowest BCUT2D eigenvalue weighted by Gasteiger charge is -2.16. The van der Waals surface area contributed by atoms with Crippen LogP contribution in [-0.4, -0.2) is 21.1 Å². The van der Waals surface area contributed by atoms with Crippen LogP contribution in [0.3, 0.4) is 0 Å². The number of carbonyl (C=O) groups is 1. The number of aliphatic hydroxyl groups is 1. The van der Waals surface area contributed by atoms with E-state index in [2.05, 4.69) is 6.92 Å². The zero-order valence-corrected chi connectivity index (χ0v) is 13.3. The Balaban J connectivity index is 4.06. The molecule has 1 N–H and O–H groups in total. The number of carbonyl (C=O) groups excluding carboxylic acids is 1. The molecule has 18 heavy (non-hydrogen) atoms. The fourth-order valence-corrected chi connectivity index (χ4v) is 2.30. The molecule has 0 fully saturated rings. The van der Waals surface area contributed by atoms with E-state index < -0.39 is 0 Å². The lowest BCUT2D eigenvalue weighted by atomic mass is 10.1. The fourth-order valence-electron chi connectivity index (χ4n) is 1.50. The van der Waals surface area contributed by atoms with Crippen molar-refractivity contribution in [2.75, 3.05) is 0 Å². The Bertz CT molecular complexity index is 277. The second-order valence-corrected chi connectivity index (χ2v) is 7.57. The Hall–Kier alpha value is -0.280. The van der Waals surface area contributed by atoms with Gasteiger partial charge in [-0.2, -0.15) is 0 Å². The average molecular weight is 272 g/mol. The molecule has 0 amide bonds. The third-order valence-electron chi connectivity index (χ3n) is 2.56. The van der Waals surface area contributed by atoms with Crippen LogP contribution in [-0.2, 0) is 4.79 Å². The Kier molecular flexibility index (Phi) is 8.62. The lowest BCUT2D eigenvalue weighted by molar-refractivity contribution is -0.107. The Morgan fingerprint density at radius 3 is 2.44 bits per heavy atom. The van der Waals surface area contributed by atoms with Crippen molar-refractivity contribution in [3.8, 4) is 0 Å². The third kappa shape index (κ3) is 9.72. The first-order valence-electron chi connectivity index (χ1n) is 6.84.